The van der Waals surface area contributed by atoms with Crippen molar-refractivity contribution in [2.24, 2.45) is 29.1 Å². The summed E-state index contributed by atoms with van der Waals surface area (Å²) in [7, 11) is 0. The van der Waals surface area contributed by atoms with Crippen molar-refractivity contribution in [2.75, 3.05) is 6.54 Å². The normalized spacial score (nSPS) is 37.7. The van der Waals surface area contributed by atoms with Gasteiger partial charge in [0.05, 0.1) is 24.6 Å². The quantitative estimate of drug-likeness (QED) is 0.175. The van der Waals surface area contributed by atoms with Gasteiger partial charge in [0.25, 0.3) is 5.67 Å². The molecule has 1 N–H and O–H groups in total. The van der Waals surface area contributed by atoms with Crippen LogP contribution in [-0.2, 0) is 39.9 Å². The molecule has 14 heteroatoms. The zero-order chi connectivity index (χ0) is 40.6. The average molecular weight is 773 g/mol. The van der Waals surface area contributed by atoms with Gasteiger partial charge in [-0.25, -0.2) is 23.9 Å². The number of Topliss-reactive ketones (excluding diaryl/α,β-unsaturated/α-hetero) is 2. The fraction of sp³-hybridized carbons (Fsp3) is 0.756. The number of halogens is 1. The van der Waals surface area contributed by atoms with E-state index in [2.05, 4.69) is 9.97 Å². The second kappa shape index (κ2) is 16.5. The predicted octanol–water partition coefficient (Wildman–Crippen LogP) is 6.22. The summed E-state index contributed by atoms with van der Waals surface area (Å²) >= 11 is 0. The Bertz CT molecular complexity index is 1710. The number of aliphatic hydroxyl groups is 1. The number of aromatic nitrogens is 3. The number of carbonyl (C=O) groups is 4. The Balaban J connectivity index is 1.49. The molecule has 1 unspecified atom stereocenters. The molecule has 2 aromatic rings. The van der Waals surface area contributed by atoms with E-state index in [4.69, 9.17) is 18.9 Å². The maximum Gasteiger partial charge on any atom is 0.410 e. The van der Waals surface area contributed by atoms with E-state index in [0.717, 1.165) is 18.1 Å². The van der Waals surface area contributed by atoms with Gasteiger partial charge in [0.15, 0.2) is 23.3 Å². The lowest BCUT2D eigenvalue weighted by Crippen LogP contribution is -2.60. The van der Waals surface area contributed by atoms with Crippen LogP contribution in [0.2, 0.25) is 0 Å². The van der Waals surface area contributed by atoms with Crippen molar-refractivity contribution in [1.29, 1.82) is 0 Å². The monoisotopic (exact) mass is 772 g/mol. The number of cyclic esters (lactones) is 1. The number of hydrogen-bond donors (Lipinski definition) is 1. The molecule has 13 nitrogen and oxygen atoms in total. The first-order chi connectivity index (χ1) is 25.8. The Morgan fingerprint density at radius 3 is 2.36 bits per heavy atom. The fourth-order valence-corrected chi connectivity index (χ4v) is 9.55. The molecule has 3 saturated heterocycles. The summed E-state index contributed by atoms with van der Waals surface area (Å²) in [5.41, 5.74) is -4.03. The van der Waals surface area contributed by atoms with Crippen LogP contribution < -0.4 is 0 Å². The second-order valence-electron chi connectivity index (χ2n) is 17.1. The summed E-state index contributed by atoms with van der Waals surface area (Å²) in [6, 6.07) is 2.85. The summed E-state index contributed by atoms with van der Waals surface area (Å²) in [6.45, 7) is 17.7. The molecule has 0 bridgehead atoms. The Hall–Kier alpha value is -3.49. The molecule has 5 heterocycles. The van der Waals surface area contributed by atoms with E-state index in [9.17, 15) is 24.3 Å². The molecule has 3 aliphatic rings. The molecule has 0 aromatic carbocycles. The topological polar surface area (TPSA) is 159 Å². The van der Waals surface area contributed by atoms with Crippen molar-refractivity contribution in [3.63, 3.8) is 0 Å². The number of esters is 1. The number of aryl methyl sites for hydroxylation is 1. The summed E-state index contributed by atoms with van der Waals surface area (Å²) in [4.78, 5) is 67.0. The van der Waals surface area contributed by atoms with Crippen molar-refractivity contribution >= 4 is 34.8 Å². The molecule has 1 amide bonds. The number of pyridine rings is 1. The van der Waals surface area contributed by atoms with E-state index >= 15 is 4.39 Å². The minimum Gasteiger partial charge on any atom is -0.455 e. The van der Waals surface area contributed by atoms with Crippen molar-refractivity contribution in [3.05, 3.63) is 24.7 Å². The smallest absolute Gasteiger partial charge is 0.410 e. The third kappa shape index (κ3) is 8.18. The number of ether oxygens (including phenoxy) is 4. The standard InChI is InChI=1S/C41H61FN4O9/c1-11-29-41(12-2)32(46(38(51)55-41)19-14-13-18-45-22-44-28-16-15-17-43-35(28)45)26(6)30(47)24(4)21-39(8,9)34(27(7)33(49)40(10,42)37(50)53-29)54-36-31(48)23(3)20-25(5)52-36/h15-17,22-27,29,31-32,34,36,48H,11-14,18-21H2,1-10H3/t23-,24+,25+,26-,27-,29+,31+,32+,34+,36?,40-,41+/m0/s1. The molecule has 0 aliphatic carbocycles. The number of unbranched alkanes of at least 4 members (excludes halogenated alkanes) is 1. The van der Waals surface area contributed by atoms with Gasteiger partial charge in [0, 0.05) is 37.0 Å². The van der Waals surface area contributed by atoms with Gasteiger partial charge in [-0.2, -0.15) is 0 Å². The zero-order valence-corrected chi connectivity index (χ0v) is 34.1. The third-order valence-electron chi connectivity index (χ3n) is 12.4. The predicted molar refractivity (Wildman–Crippen MR) is 201 cm³/mol. The largest absolute Gasteiger partial charge is 0.455 e. The second-order valence-corrected chi connectivity index (χ2v) is 17.1. The van der Waals surface area contributed by atoms with Gasteiger partial charge in [0.1, 0.15) is 23.5 Å². The highest BCUT2D eigenvalue weighted by Gasteiger charge is 2.62. The first kappa shape index (κ1) is 42.6. The van der Waals surface area contributed by atoms with Gasteiger partial charge in [0.2, 0.25) is 0 Å². The van der Waals surface area contributed by atoms with E-state index < -0.39 is 82.9 Å². The number of ketones is 2. The van der Waals surface area contributed by atoms with Crippen LogP contribution in [0.1, 0.15) is 108 Å². The lowest BCUT2D eigenvalue weighted by Gasteiger charge is -2.46. The minimum atomic E-state index is -3.10. The van der Waals surface area contributed by atoms with Crippen LogP contribution in [0.4, 0.5) is 9.18 Å². The van der Waals surface area contributed by atoms with Crippen molar-refractivity contribution in [2.45, 2.75) is 162 Å². The van der Waals surface area contributed by atoms with Crippen molar-refractivity contribution < 1.29 is 47.6 Å². The maximum absolute atomic E-state index is 16.8. The van der Waals surface area contributed by atoms with Gasteiger partial charge >= 0.3 is 12.1 Å². The number of nitrogens with zero attached hydrogens (tertiary/aromatic N) is 4. The van der Waals surface area contributed by atoms with Gasteiger partial charge in [-0.1, -0.05) is 55.4 Å². The number of imidazole rings is 1. The van der Waals surface area contributed by atoms with E-state index in [0.29, 0.717) is 25.8 Å². The zero-order valence-electron chi connectivity index (χ0n) is 34.1. The SMILES string of the molecule is CC[C@H]1OC(=O)[C@@](C)(F)C(=O)[C@H](C)[C@@H](OC2O[C@H](C)C[C@H](C)[C@H]2O)C(C)(C)C[C@@H](C)C(=O)[C@H](C)[C@H]2N(CCCCn3cnc4cccnc43)C(=O)O[C@]12CC. The van der Waals surface area contributed by atoms with Crippen LogP contribution in [-0.4, -0.2) is 103 Å². The first-order valence-corrected chi connectivity index (χ1v) is 20.0. The maximum atomic E-state index is 16.8. The molecule has 3 fully saturated rings. The number of fused-ring (bicyclic) bond motifs is 2. The molecule has 2 aromatic heterocycles. The summed E-state index contributed by atoms with van der Waals surface area (Å²) in [5, 5.41) is 11.1. The van der Waals surface area contributed by atoms with Gasteiger partial charge in [-0.05, 0) is 75.8 Å². The van der Waals surface area contributed by atoms with E-state index in [1.165, 1.54) is 6.92 Å². The van der Waals surface area contributed by atoms with Crippen LogP contribution in [0.5, 0.6) is 0 Å². The number of aliphatic hydroxyl groups excluding tert-OH is 1. The van der Waals surface area contributed by atoms with Gasteiger partial charge < -0.3 is 33.5 Å². The highest BCUT2D eigenvalue weighted by Crippen LogP contribution is 2.46. The van der Waals surface area contributed by atoms with Crippen molar-refractivity contribution in [1.82, 2.24) is 19.4 Å². The Morgan fingerprint density at radius 2 is 1.69 bits per heavy atom. The Kier molecular flexibility index (Phi) is 12.8. The van der Waals surface area contributed by atoms with E-state index in [1.54, 1.807) is 38.2 Å². The van der Waals surface area contributed by atoms with Crippen LogP contribution in [0.25, 0.3) is 11.2 Å². The highest BCUT2D eigenvalue weighted by molar-refractivity contribution is 6.07. The fourth-order valence-electron chi connectivity index (χ4n) is 9.55. The van der Waals surface area contributed by atoms with Crippen LogP contribution in [0, 0.1) is 29.1 Å². The van der Waals surface area contributed by atoms with E-state index in [1.807, 2.05) is 51.3 Å². The van der Waals surface area contributed by atoms with Crippen molar-refractivity contribution in [3.8, 4) is 0 Å². The van der Waals surface area contributed by atoms with Crippen LogP contribution >= 0.6 is 0 Å². The molecule has 0 radical (unpaired) electrons. The van der Waals surface area contributed by atoms with Crippen LogP contribution in [0.15, 0.2) is 24.7 Å². The number of rotatable bonds is 9. The average Bonchev–Trinajstić information content (AvgIpc) is 3.68. The summed E-state index contributed by atoms with van der Waals surface area (Å²) in [6.07, 6.45) is 0.497. The number of amides is 1. The summed E-state index contributed by atoms with van der Waals surface area (Å²) in [5.74, 6) is -5.38. The molecule has 3 aliphatic heterocycles. The number of carbonyl (C=O) groups excluding carboxylic acids is 4. The van der Waals surface area contributed by atoms with Crippen LogP contribution in [0.3, 0.4) is 0 Å². The molecular weight excluding hydrogens is 711 g/mol. The molecule has 306 valence electrons. The summed E-state index contributed by atoms with van der Waals surface area (Å²) < 4.78 is 43.3. The highest BCUT2D eigenvalue weighted by atomic mass is 19.1. The van der Waals surface area contributed by atoms with Gasteiger partial charge in [-0.15, -0.1) is 0 Å². The number of alkyl halides is 1. The molecule has 0 spiro atoms. The molecule has 12 atom stereocenters. The molecule has 55 heavy (non-hydrogen) atoms. The third-order valence-corrected chi connectivity index (χ3v) is 12.4. The molecule has 0 saturated carbocycles. The van der Waals surface area contributed by atoms with Gasteiger partial charge in [-0.3, -0.25) is 9.59 Å². The Morgan fingerprint density at radius 1 is 1.00 bits per heavy atom. The molecule has 5 rings (SSSR count). The van der Waals surface area contributed by atoms with E-state index in [-0.39, 0.29) is 43.6 Å². The lowest BCUT2D eigenvalue weighted by molar-refractivity contribution is -0.284. The first-order valence-electron chi connectivity index (χ1n) is 20.0. The Labute approximate surface area is 324 Å². The lowest BCUT2D eigenvalue weighted by atomic mass is 9.68. The molecular formula is C41H61FN4O9. The number of hydrogen-bond acceptors (Lipinski definition) is 11. The minimum absolute atomic E-state index is 0.125.